The van der Waals surface area contributed by atoms with Crippen molar-refractivity contribution in [3.8, 4) is 6.07 Å². The molecule has 0 aliphatic heterocycles. The van der Waals surface area contributed by atoms with Gasteiger partial charge in [0.2, 0.25) is 0 Å². The molecule has 0 saturated heterocycles. The second-order valence-corrected chi connectivity index (χ2v) is 5.05. The lowest BCUT2D eigenvalue weighted by Gasteiger charge is -2.07. The molecule has 3 N–H and O–H groups in total. The standard InChI is InChI=1S/C12H14F3N3O2S/c1-2-20-11(19)9-8(17)7(6-16)10(21-9)18-5-3-4-12(13,14)15/h18H,2-5,17H2,1H3. The highest BCUT2D eigenvalue weighted by molar-refractivity contribution is 7.18. The van der Waals surface area contributed by atoms with Crippen LogP contribution in [0.4, 0.5) is 23.9 Å². The zero-order valence-corrected chi connectivity index (χ0v) is 12.0. The fraction of sp³-hybridized carbons (Fsp3) is 0.500. The van der Waals surface area contributed by atoms with Crippen LogP contribution in [0.25, 0.3) is 0 Å². The summed E-state index contributed by atoms with van der Waals surface area (Å²) in [6.45, 7) is 1.81. The molecule has 0 aliphatic rings. The van der Waals surface area contributed by atoms with Gasteiger partial charge in [0.1, 0.15) is 21.5 Å². The Morgan fingerprint density at radius 3 is 2.71 bits per heavy atom. The maximum absolute atomic E-state index is 12.0. The number of nitriles is 1. The number of carbonyl (C=O) groups is 1. The first-order valence-electron chi connectivity index (χ1n) is 6.10. The number of nitrogens with two attached hydrogens (primary N) is 1. The topological polar surface area (TPSA) is 88.1 Å². The van der Waals surface area contributed by atoms with Crippen LogP contribution in [0.3, 0.4) is 0 Å². The van der Waals surface area contributed by atoms with Gasteiger partial charge in [0.25, 0.3) is 0 Å². The van der Waals surface area contributed by atoms with Crippen molar-refractivity contribution >= 4 is 28.0 Å². The highest BCUT2D eigenvalue weighted by atomic mass is 32.1. The van der Waals surface area contributed by atoms with E-state index in [-0.39, 0.29) is 40.7 Å². The number of halogens is 3. The van der Waals surface area contributed by atoms with E-state index in [1.54, 1.807) is 6.92 Å². The minimum Gasteiger partial charge on any atom is -0.462 e. The van der Waals surface area contributed by atoms with Crippen LogP contribution in [0.5, 0.6) is 0 Å². The summed E-state index contributed by atoms with van der Waals surface area (Å²) in [5.74, 6) is -0.653. The summed E-state index contributed by atoms with van der Waals surface area (Å²) in [4.78, 5) is 11.7. The Hall–Kier alpha value is -1.95. The molecule has 0 aromatic carbocycles. The maximum atomic E-state index is 12.0. The lowest BCUT2D eigenvalue weighted by molar-refractivity contribution is -0.134. The number of ether oxygens (including phenoxy) is 1. The highest BCUT2D eigenvalue weighted by Gasteiger charge is 2.26. The van der Waals surface area contributed by atoms with E-state index < -0.39 is 18.6 Å². The largest absolute Gasteiger partial charge is 0.462 e. The van der Waals surface area contributed by atoms with Crippen LogP contribution in [0.2, 0.25) is 0 Å². The Balaban J connectivity index is 2.77. The van der Waals surface area contributed by atoms with Crippen LogP contribution in [-0.4, -0.2) is 25.3 Å². The molecule has 0 radical (unpaired) electrons. The molecule has 1 aromatic rings. The molecule has 1 rings (SSSR count). The molecule has 0 saturated carbocycles. The molecule has 0 bridgehead atoms. The van der Waals surface area contributed by atoms with Crippen molar-refractivity contribution in [2.75, 3.05) is 24.2 Å². The van der Waals surface area contributed by atoms with E-state index in [0.29, 0.717) is 0 Å². The van der Waals surface area contributed by atoms with Crippen LogP contribution >= 0.6 is 11.3 Å². The zero-order chi connectivity index (χ0) is 16.0. The number of nitrogens with zero attached hydrogens (tertiary/aromatic N) is 1. The lowest BCUT2D eigenvalue weighted by atomic mass is 10.2. The van der Waals surface area contributed by atoms with Gasteiger partial charge >= 0.3 is 12.1 Å². The number of rotatable bonds is 6. The van der Waals surface area contributed by atoms with Gasteiger partial charge in [0.05, 0.1) is 12.3 Å². The molecular formula is C12H14F3N3O2S. The van der Waals surface area contributed by atoms with Crippen molar-refractivity contribution in [1.82, 2.24) is 0 Å². The number of hydrogen-bond acceptors (Lipinski definition) is 6. The molecule has 0 spiro atoms. The van der Waals surface area contributed by atoms with E-state index >= 15 is 0 Å². The molecular weight excluding hydrogens is 307 g/mol. The normalized spacial score (nSPS) is 11.0. The van der Waals surface area contributed by atoms with Crippen molar-refractivity contribution in [3.05, 3.63) is 10.4 Å². The minimum atomic E-state index is -4.22. The number of nitrogens with one attached hydrogen (secondary N) is 1. The van der Waals surface area contributed by atoms with Gasteiger partial charge < -0.3 is 15.8 Å². The quantitative estimate of drug-likeness (QED) is 0.621. The lowest BCUT2D eigenvalue weighted by Crippen LogP contribution is -2.10. The van der Waals surface area contributed by atoms with Gasteiger partial charge in [-0.15, -0.1) is 11.3 Å². The van der Waals surface area contributed by atoms with E-state index in [4.69, 9.17) is 15.7 Å². The smallest absolute Gasteiger partial charge is 0.389 e. The molecule has 5 nitrogen and oxygen atoms in total. The van der Waals surface area contributed by atoms with Crippen molar-refractivity contribution < 1.29 is 22.7 Å². The molecule has 116 valence electrons. The van der Waals surface area contributed by atoms with Gasteiger partial charge in [-0.1, -0.05) is 0 Å². The summed E-state index contributed by atoms with van der Waals surface area (Å²) in [6.07, 6.45) is -5.28. The molecule has 0 fully saturated rings. The molecule has 0 unspecified atom stereocenters. The van der Waals surface area contributed by atoms with Gasteiger partial charge in [-0.3, -0.25) is 0 Å². The summed E-state index contributed by atoms with van der Waals surface area (Å²) >= 11 is 0.902. The molecule has 0 amide bonds. The van der Waals surface area contributed by atoms with E-state index in [2.05, 4.69) is 5.32 Å². The summed E-state index contributed by atoms with van der Waals surface area (Å²) in [7, 11) is 0. The average Bonchev–Trinajstić information content (AvgIpc) is 2.70. The molecule has 21 heavy (non-hydrogen) atoms. The number of hydrogen-bond donors (Lipinski definition) is 2. The predicted molar refractivity (Wildman–Crippen MR) is 73.2 cm³/mol. The van der Waals surface area contributed by atoms with Crippen molar-refractivity contribution in [2.45, 2.75) is 25.9 Å². The summed E-state index contributed by atoms with van der Waals surface area (Å²) in [5, 5.41) is 12.0. The number of thiophene rings is 1. The zero-order valence-electron chi connectivity index (χ0n) is 11.2. The Morgan fingerprint density at radius 2 is 2.19 bits per heavy atom. The monoisotopic (exact) mass is 321 g/mol. The van der Waals surface area contributed by atoms with Crippen molar-refractivity contribution in [2.24, 2.45) is 0 Å². The summed E-state index contributed by atoms with van der Waals surface area (Å²) in [6, 6.07) is 1.83. The predicted octanol–water partition coefficient (Wildman–Crippen LogP) is 3.13. The molecule has 0 aliphatic carbocycles. The van der Waals surface area contributed by atoms with E-state index in [1.165, 1.54) is 0 Å². The van der Waals surface area contributed by atoms with Crippen LogP contribution < -0.4 is 11.1 Å². The summed E-state index contributed by atoms with van der Waals surface area (Å²) in [5.41, 5.74) is 5.72. The number of carbonyl (C=O) groups excluding carboxylic acids is 1. The van der Waals surface area contributed by atoms with E-state index in [9.17, 15) is 18.0 Å². The van der Waals surface area contributed by atoms with Crippen LogP contribution in [0.15, 0.2) is 0 Å². The first-order valence-corrected chi connectivity index (χ1v) is 6.92. The number of esters is 1. The maximum Gasteiger partial charge on any atom is 0.389 e. The van der Waals surface area contributed by atoms with Crippen LogP contribution in [0.1, 0.15) is 35.0 Å². The van der Waals surface area contributed by atoms with E-state index in [0.717, 1.165) is 11.3 Å². The van der Waals surface area contributed by atoms with Gasteiger partial charge in [0.15, 0.2) is 0 Å². The number of anilines is 2. The van der Waals surface area contributed by atoms with Crippen molar-refractivity contribution in [3.63, 3.8) is 0 Å². The SMILES string of the molecule is CCOC(=O)c1sc(NCCCC(F)(F)F)c(C#N)c1N. The Morgan fingerprint density at radius 1 is 1.52 bits per heavy atom. The van der Waals surface area contributed by atoms with Crippen LogP contribution in [0, 0.1) is 11.3 Å². The second-order valence-electron chi connectivity index (χ2n) is 4.03. The molecule has 1 aromatic heterocycles. The Kier molecular flexibility index (Phi) is 5.84. The third kappa shape index (κ3) is 4.82. The third-order valence-corrected chi connectivity index (χ3v) is 3.58. The van der Waals surface area contributed by atoms with E-state index in [1.807, 2.05) is 6.07 Å². The molecule has 0 atom stereocenters. The van der Waals surface area contributed by atoms with Crippen molar-refractivity contribution in [1.29, 1.82) is 5.26 Å². The molecule has 1 heterocycles. The minimum absolute atomic E-state index is 0.0146. The third-order valence-electron chi connectivity index (χ3n) is 2.44. The van der Waals surface area contributed by atoms with Crippen LogP contribution in [-0.2, 0) is 4.74 Å². The van der Waals surface area contributed by atoms with Gasteiger partial charge in [-0.25, -0.2) is 4.79 Å². The van der Waals surface area contributed by atoms with Gasteiger partial charge in [-0.05, 0) is 13.3 Å². The number of nitrogen functional groups attached to an aromatic ring is 1. The fourth-order valence-corrected chi connectivity index (χ4v) is 2.51. The first-order chi connectivity index (χ1) is 9.80. The fourth-order valence-electron chi connectivity index (χ4n) is 1.52. The second kappa shape index (κ2) is 7.17. The van der Waals surface area contributed by atoms with Gasteiger partial charge in [0, 0.05) is 13.0 Å². The Bertz CT molecular complexity index is 549. The first kappa shape index (κ1) is 17.1. The highest BCUT2D eigenvalue weighted by Crippen LogP contribution is 2.35. The Labute approximate surface area is 123 Å². The van der Waals surface area contributed by atoms with Gasteiger partial charge in [-0.2, -0.15) is 18.4 Å². The summed E-state index contributed by atoms with van der Waals surface area (Å²) < 4.78 is 40.9. The number of alkyl halides is 3. The average molecular weight is 321 g/mol. The molecule has 9 heteroatoms.